The molecule has 1 aliphatic carbocycles. The third kappa shape index (κ3) is 2.50. The van der Waals surface area contributed by atoms with Gasteiger partial charge in [-0.2, -0.15) is 5.10 Å². The molecule has 1 fully saturated rings. The fourth-order valence-corrected chi connectivity index (χ4v) is 2.66. The molecule has 2 heterocycles. The van der Waals surface area contributed by atoms with Crippen LogP contribution in [0.3, 0.4) is 0 Å². The molecule has 3 rings (SSSR count). The number of aromatic nitrogens is 4. The zero-order chi connectivity index (χ0) is 14.1. The zero-order valence-corrected chi connectivity index (χ0v) is 12.2. The molecule has 1 atom stereocenters. The Labute approximate surface area is 119 Å². The van der Waals surface area contributed by atoms with E-state index in [0.717, 1.165) is 30.0 Å². The third-order valence-electron chi connectivity index (χ3n) is 3.96. The van der Waals surface area contributed by atoms with Crippen LogP contribution in [0.25, 0.3) is 0 Å². The SMILES string of the molecule is CCc1cc(CC(O)c2cncn2C2CC2)n(CC)n1. The monoisotopic (exact) mass is 274 g/mol. The average molecular weight is 274 g/mol. The molecule has 1 saturated carbocycles. The molecule has 1 aliphatic rings. The molecule has 1 unspecified atom stereocenters. The second-order valence-electron chi connectivity index (χ2n) is 5.47. The topological polar surface area (TPSA) is 55.9 Å². The van der Waals surface area contributed by atoms with Crippen LogP contribution in [0, 0.1) is 0 Å². The maximum absolute atomic E-state index is 10.5. The largest absolute Gasteiger partial charge is 0.386 e. The molecule has 2 aromatic heterocycles. The van der Waals surface area contributed by atoms with Gasteiger partial charge >= 0.3 is 0 Å². The number of nitrogens with zero attached hydrogens (tertiary/aromatic N) is 4. The molecule has 0 saturated heterocycles. The molecule has 0 spiro atoms. The lowest BCUT2D eigenvalue weighted by atomic mass is 10.1. The number of aliphatic hydroxyl groups is 1. The van der Waals surface area contributed by atoms with Crippen molar-refractivity contribution >= 4 is 0 Å². The van der Waals surface area contributed by atoms with Crippen molar-refractivity contribution in [2.45, 2.75) is 58.2 Å². The Bertz CT molecular complexity index is 582. The van der Waals surface area contributed by atoms with Crippen LogP contribution < -0.4 is 0 Å². The van der Waals surface area contributed by atoms with E-state index in [1.165, 1.54) is 12.8 Å². The summed E-state index contributed by atoms with van der Waals surface area (Å²) in [4.78, 5) is 4.19. The molecule has 108 valence electrons. The summed E-state index contributed by atoms with van der Waals surface area (Å²) in [5.74, 6) is 0. The lowest BCUT2D eigenvalue weighted by Gasteiger charge is -2.14. The normalized spacial score (nSPS) is 16.6. The summed E-state index contributed by atoms with van der Waals surface area (Å²) >= 11 is 0. The predicted octanol–water partition coefficient (Wildman–Crippen LogP) is 2.27. The van der Waals surface area contributed by atoms with Gasteiger partial charge in [-0.05, 0) is 32.3 Å². The lowest BCUT2D eigenvalue weighted by Crippen LogP contribution is -2.11. The van der Waals surface area contributed by atoms with Gasteiger partial charge in [0.2, 0.25) is 0 Å². The maximum atomic E-state index is 10.5. The van der Waals surface area contributed by atoms with Gasteiger partial charge < -0.3 is 9.67 Å². The van der Waals surface area contributed by atoms with E-state index < -0.39 is 6.10 Å². The summed E-state index contributed by atoms with van der Waals surface area (Å²) in [6, 6.07) is 2.65. The van der Waals surface area contributed by atoms with Crippen molar-refractivity contribution in [3.63, 3.8) is 0 Å². The van der Waals surface area contributed by atoms with Crippen LogP contribution >= 0.6 is 0 Å². The second-order valence-corrected chi connectivity index (χ2v) is 5.47. The van der Waals surface area contributed by atoms with Crippen molar-refractivity contribution in [3.8, 4) is 0 Å². The Morgan fingerprint density at radius 2 is 2.20 bits per heavy atom. The van der Waals surface area contributed by atoms with Gasteiger partial charge in [-0.3, -0.25) is 4.68 Å². The molecule has 0 amide bonds. The van der Waals surface area contributed by atoms with Crippen LogP contribution in [0.5, 0.6) is 0 Å². The molecule has 0 aliphatic heterocycles. The van der Waals surface area contributed by atoms with Crippen LogP contribution in [-0.4, -0.2) is 24.4 Å². The first-order valence-electron chi connectivity index (χ1n) is 7.48. The van der Waals surface area contributed by atoms with Crippen LogP contribution in [-0.2, 0) is 19.4 Å². The minimum atomic E-state index is -0.509. The quantitative estimate of drug-likeness (QED) is 0.879. The van der Waals surface area contributed by atoms with E-state index in [2.05, 4.69) is 34.6 Å². The number of aryl methyl sites for hydroxylation is 2. The fraction of sp³-hybridized carbons (Fsp3) is 0.600. The predicted molar refractivity (Wildman–Crippen MR) is 76.4 cm³/mol. The van der Waals surface area contributed by atoms with Crippen molar-refractivity contribution in [1.29, 1.82) is 0 Å². The van der Waals surface area contributed by atoms with Crippen LogP contribution in [0.4, 0.5) is 0 Å². The van der Waals surface area contributed by atoms with Crippen molar-refractivity contribution in [3.05, 3.63) is 35.7 Å². The number of hydrogen-bond donors (Lipinski definition) is 1. The molecule has 0 aromatic carbocycles. The van der Waals surface area contributed by atoms with E-state index >= 15 is 0 Å². The molecule has 0 bridgehead atoms. The van der Waals surface area contributed by atoms with E-state index in [1.54, 1.807) is 6.20 Å². The highest BCUT2D eigenvalue weighted by Crippen LogP contribution is 2.37. The van der Waals surface area contributed by atoms with E-state index in [4.69, 9.17) is 0 Å². The summed E-state index contributed by atoms with van der Waals surface area (Å²) in [6.45, 7) is 5.02. The van der Waals surface area contributed by atoms with Crippen molar-refractivity contribution in [2.75, 3.05) is 0 Å². The lowest BCUT2D eigenvalue weighted by molar-refractivity contribution is 0.165. The van der Waals surface area contributed by atoms with Crippen LogP contribution in [0.1, 0.15) is 55.9 Å². The van der Waals surface area contributed by atoms with Gasteiger partial charge in [0.25, 0.3) is 0 Å². The van der Waals surface area contributed by atoms with Gasteiger partial charge in [-0.1, -0.05) is 6.92 Å². The van der Waals surface area contributed by atoms with Crippen LogP contribution in [0.2, 0.25) is 0 Å². The van der Waals surface area contributed by atoms with Crippen LogP contribution in [0.15, 0.2) is 18.6 Å². The van der Waals surface area contributed by atoms with E-state index in [1.807, 2.05) is 11.0 Å². The summed E-state index contributed by atoms with van der Waals surface area (Å²) in [5, 5.41) is 15.1. The van der Waals surface area contributed by atoms with Gasteiger partial charge in [0, 0.05) is 24.7 Å². The second kappa shape index (κ2) is 5.40. The highest BCUT2D eigenvalue weighted by molar-refractivity contribution is 5.15. The number of aliphatic hydroxyl groups excluding tert-OH is 1. The van der Waals surface area contributed by atoms with Gasteiger partial charge in [0.05, 0.1) is 23.9 Å². The number of imidazole rings is 1. The van der Waals surface area contributed by atoms with E-state index in [-0.39, 0.29) is 0 Å². The van der Waals surface area contributed by atoms with Crippen molar-refractivity contribution < 1.29 is 5.11 Å². The van der Waals surface area contributed by atoms with Crippen molar-refractivity contribution in [1.82, 2.24) is 19.3 Å². The van der Waals surface area contributed by atoms with Gasteiger partial charge in [0.15, 0.2) is 0 Å². The molecular formula is C15H22N4O. The summed E-state index contributed by atoms with van der Waals surface area (Å²) in [5.41, 5.74) is 3.11. The Hall–Kier alpha value is -1.62. The molecular weight excluding hydrogens is 252 g/mol. The first kappa shape index (κ1) is 13.4. The Kier molecular flexibility index (Phi) is 3.61. The first-order chi connectivity index (χ1) is 9.72. The first-order valence-corrected chi connectivity index (χ1v) is 7.48. The minimum absolute atomic E-state index is 0.509. The highest BCUT2D eigenvalue weighted by Gasteiger charge is 2.27. The smallest absolute Gasteiger partial charge is 0.101 e. The molecule has 5 heteroatoms. The Balaban J connectivity index is 1.79. The Morgan fingerprint density at radius 1 is 1.40 bits per heavy atom. The highest BCUT2D eigenvalue weighted by atomic mass is 16.3. The molecule has 1 N–H and O–H groups in total. The minimum Gasteiger partial charge on any atom is -0.386 e. The summed E-state index contributed by atoms with van der Waals surface area (Å²) in [7, 11) is 0. The number of rotatable bonds is 6. The standard InChI is InChI=1S/C15H22N4O/c1-3-11-7-13(19(4-2)17-11)8-15(20)14-9-16-10-18(14)12-5-6-12/h7,9-10,12,15,20H,3-6,8H2,1-2H3. The van der Waals surface area contributed by atoms with Crippen molar-refractivity contribution in [2.24, 2.45) is 0 Å². The summed E-state index contributed by atoms with van der Waals surface area (Å²) in [6.07, 6.45) is 7.03. The van der Waals surface area contributed by atoms with Gasteiger partial charge in [0.1, 0.15) is 6.10 Å². The molecule has 5 nitrogen and oxygen atoms in total. The van der Waals surface area contributed by atoms with Gasteiger partial charge in [-0.15, -0.1) is 0 Å². The maximum Gasteiger partial charge on any atom is 0.101 e. The van der Waals surface area contributed by atoms with Gasteiger partial charge in [-0.25, -0.2) is 4.98 Å². The molecule has 2 aromatic rings. The summed E-state index contributed by atoms with van der Waals surface area (Å²) < 4.78 is 4.11. The molecule has 20 heavy (non-hydrogen) atoms. The zero-order valence-electron chi connectivity index (χ0n) is 12.2. The van der Waals surface area contributed by atoms with E-state index in [9.17, 15) is 5.11 Å². The average Bonchev–Trinajstić information content (AvgIpc) is 3.04. The fourth-order valence-electron chi connectivity index (χ4n) is 2.66. The Morgan fingerprint density at radius 3 is 2.85 bits per heavy atom. The molecule has 0 radical (unpaired) electrons. The third-order valence-corrected chi connectivity index (χ3v) is 3.96. The number of hydrogen-bond acceptors (Lipinski definition) is 3. The van der Waals surface area contributed by atoms with E-state index in [0.29, 0.717) is 12.5 Å².